The molecule has 0 bridgehead atoms. The first-order valence-electron chi connectivity index (χ1n) is 6.31. The van der Waals surface area contributed by atoms with Crippen LogP contribution < -0.4 is 5.32 Å². The average Bonchev–Trinajstić information content (AvgIpc) is 2.51. The van der Waals surface area contributed by atoms with Crippen LogP contribution in [0.1, 0.15) is 5.56 Å². The van der Waals surface area contributed by atoms with Crippen molar-refractivity contribution in [2.75, 3.05) is 5.32 Å². The van der Waals surface area contributed by atoms with Gasteiger partial charge < -0.3 is 5.32 Å². The molecule has 4 nitrogen and oxygen atoms in total. The van der Waals surface area contributed by atoms with Crippen molar-refractivity contribution in [3.8, 4) is 11.4 Å². The second-order valence-electron chi connectivity index (χ2n) is 4.34. The molecular formula is C16H13N4. The van der Waals surface area contributed by atoms with Crippen LogP contribution in [0.3, 0.4) is 0 Å². The Morgan fingerprint density at radius 1 is 1.10 bits per heavy atom. The third kappa shape index (κ3) is 2.64. The highest BCUT2D eigenvalue weighted by molar-refractivity contribution is 5.62. The molecule has 2 heterocycles. The van der Waals surface area contributed by atoms with Crippen molar-refractivity contribution < 1.29 is 0 Å². The van der Waals surface area contributed by atoms with Crippen LogP contribution in [0.5, 0.6) is 0 Å². The molecule has 0 saturated heterocycles. The minimum absolute atomic E-state index is 0.653. The van der Waals surface area contributed by atoms with Gasteiger partial charge in [0, 0.05) is 29.8 Å². The van der Waals surface area contributed by atoms with Crippen LogP contribution in [0.4, 0.5) is 11.5 Å². The minimum Gasteiger partial charge on any atom is -0.340 e. The lowest BCUT2D eigenvalue weighted by Gasteiger charge is -2.09. The Balaban J connectivity index is 1.91. The second-order valence-corrected chi connectivity index (χ2v) is 4.34. The number of hydrogen-bond acceptors (Lipinski definition) is 4. The number of aromatic nitrogens is 3. The highest BCUT2D eigenvalue weighted by Crippen LogP contribution is 2.20. The summed E-state index contributed by atoms with van der Waals surface area (Å²) in [5.41, 5.74) is 2.94. The van der Waals surface area contributed by atoms with E-state index >= 15 is 0 Å². The summed E-state index contributed by atoms with van der Waals surface area (Å²) in [5.74, 6) is 1.40. The summed E-state index contributed by atoms with van der Waals surface area (Å²) in [6, 6.07) is 14.6. The van der Waals surface area contributed by atoms with E-state index in [1.54, 1.807) is 18.6 Å². The third-order valence-electron chi connectivity index (χ3n) is 2.90. The molecule has 3 aromatic rings. The van der Waals surface area contributed by atoms with Crippen LogP contribution in [-0.4, -0.2) is 15.0 Å². The molecule has 1 radical (unpaired) electrons. The monoisotopic (exact) mass is 261 g/mol. The molecule has 97 valence electrons. The van der Waals surface area contributed by atoms with Crippen molar-refractivity contribution in [1.82, 2.24) is 15.0 Å². The highest BCUT2D eigenvalue weighted by Gasteiger charge is 2.04. The standard InChI is InChI=1S/C16H13N4/c1-12-5-2-3-7-14(12)19-15-8-10-18-16(20-15)13-6-4-9-17-11-13/h2-4,6-11H,1H3,(H,18,19,20). The fourth-order valence-electron chi connectivity index (χ4n) is 1.86. The van der Waals surface area contributed by atoms with E-state index in [4.69, 9.17) is 0 Å². The van der Waals surface area contributed by atoms with Crippen LogP contribution in [0.25, 0.3) is 11.4 Å². The molecule has 0 aliphatic heterocycles. The van der Waals surface area contributed by atoms with Gasteiger partial charge in [-0.25, -0.2) is 9.97 Å². The van der Waals surface area contributed by atoms with Crippen molar-refractivity contribution in [3.63, 3.8) is 0 Å². The highest BCUT2D eigenvalue weighted by atomic mass is 15.0. The Kier molecular flexibility index (Phi) is 3.37. The van der Waals surface area contributed by atoms with Crippen LogP contribution >= 0.6 is 0 Å². The molecule has 3 rings (SSSR count). The second kappa shape index (κ2) is 5.48. The molecule has 0 saturated carbocycles. The molecule has 1 N–H and O–H groups in total. The first-order valence-corrected chi connectivity index (χ1v) is 6.31. The number of aryl methyl sites for hydroxylation is 1. The fourth-order valence-corrected chi connectivity index (χ4v) is 1.86. The summed E-state index contributed by atoms with van der Waals surface area (Å²) in [6.07, 6.45) is 5.22. The largest absolute Gasteiger partial charge is 0.340 e. The van der Waals surface area contributed by atoms with Gasteiger partial charge in [0.2, 0.25) is 0 Å². The van der Waals surface area contributed by atoms with E-state index in [9.17, 15) is 0 Å². The maximum absolute atomic E-state index is 4.50. The lowest BCUT2D eigenvalue weighted by atomic mass is 10.2. The first-order chi connectivity index (χ1) is 9.83. The smallest absolute Gasteiger partial charge is 0.163 e. The summed E-state index contributed by atoms with van der Waals surface area (Å²) in [4.78, 5) is 12.9. The maximum atomic E-state index is 4.50. The van der Waals surface area contributed by atoms with Gasteiger partial charge >= 0.3 is 0 Å². The fraction of sp³-hybridized carbons (Fsp3) is 0.0625. The van der Waals surface area contributed by atoms with E-state index in [1.165, 1.54) is 0 Å². The van der Waals surface area contributed by atoms with Gasteiger partial charge in [-0.05, 0) is 42.8 Å². The van der Waals surface area contributed by atoms with Crippen molar-refractivity contribution >= 4 is 11.5 Å². The van der Waals surface area contributed by atoms with Crippen LogP contribution in [0.15, 0.2) is 55.0 Å². The zero-order valence-electron chi connectivity index (χ0n) is 11.0. The van der Waals surface area contributed by atoms with Crippen LogP contribution in [0.2, 0.25) is 0 Å². The van der Waals surface area contributed by atoms with Crippen LogP contribution in [0, 0.1) is 13.0 Å². The predicted molar refractivity (Wildman–Crippen MR) is 78.6 cm³/mol. The number of hydrogen-bond donors (Lipinski definition) is 1. The number of anilines is 2. The van der Waals surface area contributed by atoms with E-state index in [2.05, 4.69) is 26.3 Å². The molecule has 0 spiro atoms. The lowest BCUT2D eigenvalue weighted by molar-refractivity contribution is 1.16. The summed E-state index contributed by atoms with van der Waals surface area (Å²) >= 11 is 0. The SMILES string of the molecule is Cc1[c]cccc1Nc1ccnc(-c2cccnc2)n1. The zero-order valence-corrected chi connectivity index (χ0v) is 11.0. The van der Waals surface area contributed by atoms with Gasteiger partial charge in [0.25, 0.3) is 0 Å². The number of rotatable bonds is 3. The van der Waals surface area contributed by atoms with E-state index in [0.29, 0.717) is 5.82 Å². The zero-order chi connectivity index (χ0) is 13.8. The lowest BCUT2D eigenvalue weighted by Crippen LogP contribution is -1.98. The predicted octanol–water partition coefficient (Wildman–Crippen LogP) is 3.39. The minimum atomic E-state index is 0.653. The maximum Gasteiger partial charge on any atom is 0.163 e. The topological polar surface area (TPSA) is 50.7 Å². The summed E-state index contributed by atoms with van der Waals surface area (Å²) < 4.78 is 0. The molecule has 0 atom stereocenters. The van der Waals surface area contributed by atoms with E-state index in [-0.39, 0.29) is 0 Å². The normalized spacial score (nSPS) is 10.2. The van der Waals surface area contributed by atoms with Crippen molar-refractivity contribution in [1.29, 1.82) is 0 Å². The molecule has 0 unspecified atom stereocenters. The summed E-state index contributed by atoms with van der Waals surface area (Å²) in [7, 11) is 0. The average molecular weight is 261 g/mol. The van der Waals surface area contributed by atoms with E-state index in [0.717, 1.165) is 22.6 Å². The van der Waals surface area contributed by atoms with E-state index in [1.807, 2.05) is 43.3 Å². The van der Waals surface area contributed by atoms with Crippen molar-refractivity contribution in [2.24, 2.45) is 0 Å². The van der Waals surface area contributed by atoms with E-state index < -0.39 is 0 Å². The number of nitrogens with one attached hydrogen (secondary N) is 1. The van der Waals surface area contributed by atoms with Gasteiger partial charge in [-0.1, -0.05) is 12.1 Å². The Labute approximate surface area is 117 Å². The quantitative estimate of drug-likeness (QED) is 0.785. The molecule has 1 aromatic carbocycles. The molecule has 0 aliphatic carbocycles. The van der Waals surface area contributed by atoms with Gasteiger partial charge in [-0.2, -0.15) is 0 Å². The van der Waals surface area contributed by atoms with Crippen molar-refractivity contribution in [3.05, 3.63) is 66.6 Å². The summed E-state index contributed by atoms with van der Waals surface area (Å²) in [5, 5.41) is 3.28. The Bertz CT molecular complexity index is 710. The first kappa shape index (κ1) is 12.3. The molecule has 0 amide bonds. The molecule has 0 fully saturated rings. The molecule has 4 heteroatoms. The van der Waals surface area contributed by atoms with Gasteiger partial charge in [-0.15, -0.1) is 0 Å². The van der Waals surface area contributed by atoms with Crippen LogP contribution in [-0.2, 0) is 0 Å². The number of pyridine rings is 1. The van der Waals surface area contributed by atoms with Gasteiger partial charge in [0.05, 0.1) is 0 Å². The number of benzene rings is 1. The Hall–Kier alpha value is -2.75. The summed E-state index contributed by atoms with van der Waals surface area (Å²) in [6.45, 7) is 2.01. The van der Waals surface area contributed by atoms with Gasteiger partial charge in [0.1, 0.15) is 5.82 Å². The number of nitrogens with zero attached hydrogens (tertiary/aromatic N) is 3. The van der Waals surface area contributed by atoms with Crippen molar-refractivity contribution in [2.45, 2.75) is 6.92 Å². The Morgan fingerprint density at radius 2 is 2.05 bits per heavy atom. The molecule has 20 heavy (non-hydrogen) atoms. The molecular weight excluding hydrogens is 248 g/mol. The third-order valence-corrected chi connectivity index (χ3v) is 2.90. The van der Waals surface area contributed by atoms with Gasteiger partial charge in [0.15, 0.2) is 5.82 Å². The van der Waals surface area contributed by atoms with Gasteiger partial charge in [-0.3, -0.25) is 4.98 Å². The molecule has 0 aliphatic rings. The Morgan fingerprint density at radius 3 is 2.85 bits per heavy atom. The molecule has 2 aromatic heterocycles.